The number of unbranched alkanes of at least 4 members (excludes halogenated alkanes) is 4. The molecule has 0 saturated heterocycles. The maximum atomic E-state index is 11.5. The Kier molecular flexibility index (Phi) is 22.7. The number of hydrogen-bond acceptors (Lipinski definition) is 2. The number of nitrogens with two attached hydrogens (primary N) is 1. The number of carbonyl (C=O) groups is 2. The minimum absolute atomic E-state index is 0.206. The number of nitrogens with zero attached hydrogens (tertiary/aromatic N) is 2. The van der Waals surface area contributed by atoms with Crippen LogP contribution in [0.1, 0.15) is 90.2 Å². The molecule has 2 aromatic rings. The summed E-state index contributed by atoms with van der Waals surface area (Å²) in [5.41, 5.74) is 6.55. The first-order valence-corrected chi connectivity index (χ1v) is 15.5. The third-order valence-electron chi connectivity index (χ3n) is 6.65. The van der Waals surface area contributed by atoms with Crippen LogP contribution >= 0.6 is 25.3 Å². The highest BCUT2D eigenvalue weighted by Gasteiger charge is 2.24. The van der Waals surface area contributed by atoms with Gasteiger partial charge in [0.2, 0.25) is 0 Å². The maximum absolute atomic E-state index is 11.5. The molecule has 0 spiro atoms. The number of primary amides is 1. The summed E-state index contributed by atoms with van der Waals surface area (Å²) in [4.78, 5) is 22.3. The lowest BCUT2D eigenvalue weighted by Gasteiger charge is -2.39. The predicted molar refractivity (Wildman–Crippen MR) is 174 cm³/mol. The molecule has 0 saturated carbocycles. The molecule has 0 radical (unpaired) electrons. The van der Waals surface area contributed by atoms with Crippen LogP contribution in [0.4, 0.5) is 9.59 Å². The predicted octanol–water partition coefficient (Wildman–Crippen LogP) is 8.74. The van der Waals surface area contributed by atoms with E-state index in [2.05, 4.69) is 58.7 Å². The quantitative estimate of drug-likeness (QED) is 0.138. The van der Waals surface area contributed by atoms with E-state index in [-0.39, 0.29) is 5.24 Å². The van der Waals surface area contributed by atoms with Gasteiger partial charge < -0.3 is 15.1 Å². The zero-order chi connectivity index (χ0) is 29.4. The van der Waals surface area contributed by atoms with Crippen LogP contribution in [-0.2, 0) is 13.1 Å². The molecule has 5 nitrogen and oxygen atoms in total. The van der Waals surface area contributed by atoms with E-state index in [1.807, 2.05) is 60.7 Å². The minimum atomic E-state index is -0.639. The van der Waals surface area contributed by atoms with Crippen molar-refractivity contribution in [2.45, 2.75) is 92.2 Å². The van der Waals surface area contributed by atoms with Crippen LogP contribution in [0, 0.1) is 0 Å². The molecule has 2 rings (SSSR count). The molecule has 2 amide bonds. The van der Waals surface area contributed by atoms with Crippen molar-refractivity contribution in [3.63, 3.8) is 0 Å². The molecule has 0 unspecified atom stereocenters. The molecular weight excluding hydrogens is 523 g/mol. The number of hydrogen-bond donors (Lipinski definition) is 3. The Bertz CT molecular complexity index is 783. The number of quaternary nitrogens is 1. The third-order valence-corrected chi connectivity index (χ3v) is 6.93. The summed E-state index contributed by atoms with van der Waals surface area (Å²) in [5.74, 6) is 0. The molecule has 0 heterocycles. The van der Waals surface area contributed by atoms with Crippen molar-refractivity contribution in [2.24, 2.45) is 5.73 Å². The number of thiol groups is 2. The Morgan fingerprint density at radius 2 is 0.923 bits per heavy atom. The van der Waals surface area contributed by atoms with Gasteiger partial charge in [-0.1, -0.05) is 139 Å². The van der Waals surface area contributed by atoms with Gasteiger partial charge >= 0.3 is 0 Å². The van der Waals surface area contributed by atoms with E-state index in [0.717, 1.165) is 11.1 Å². The molecule has 0 fully saturated rings. The smallest absolute Gasteiger partial charge is 0.279 e. The van der Waals surface area contributed by atoms with Gasteiger partial charge in [-0.3, -0.25) is 9.59 Å². The summed E-state index contributed by atoms with van der Waals surface area (Å²) in [5, 5.41) is -0.845. The molecular formula is C32H54N3O2S2+. The molecule has 2 N–H and O–H groups in total. The first-order valence-electron chi connectivity index (χ1n) is 14.6. The van der Waals surface area contributed by atoms with Crippen molar-refractivity contribution in [2.75, 3.05) is 26.2 Å². The van der Waals surface area contributed by atoms with Crippen molar-refractivity contribution in [3.8, 4) is 0 Å². The minimum Gasteiger partial charge on any atom is -0.361 e. The van der Waals surface area contributed by atoms with E-state index in [4.69, 9.17) is 4.79 Å². The third kappa shape index (κ3) is 19.7. The highest BCUT2D eigenvalue weighted by molar-refractivity contribution is 7.96. The summed E-state index contributed by atoms with van der Waals surface area (Å²) < 4.78 is 1.42. The number of rotatable bonds is 16. The highest BCUT2D eigenvalue weighted by Crippen LogP contribution is 2.16. The van der Waals surface area contributed by atoms with Crippen LogP contribution < -0.4 is 5.73 Å². The lowest BCUT2D eigenvalue weighted by atomic mass is 10.1. The molecule has 220 valence electrons. The topological polar surface area (TPSA) is 63.4 Å². The molecule has 0 aliphatic rings. The van der Waals surface area contributed by atoms with Crippen LogP contribution in [0.2, 0.25) is 0 Å². The van der Waals surface area contributed by atoms with Crippen LogP contribution in [0.15, 0.2) is 60.7 Å². The Labute approximate surface area is 250 Å². The molecule has 7 heteroatoms. The molecule has 39 heavy (non-hydrogen) atoms. The van der Waals surface area contributed by atoms with Crippen molar-refractivity contribution in [3.05, 3.63) is 71.8 Å². The second-order valence-electron chi connectivity index (χ2n) is 10.1. The Balaban J connectivity index is 0.000000653. The Hall–Kier alpha value is -1.96. The summed E-state index contributed by atoms with van der Waals surface area (Å²) in [6.45, 7) is 16.2. The zero-order valence-corrected chi connectivity index (χ0v) is 26.6. The fraction of sp³-hybridized carbons (Fsp3) is 0.562. The van der Waals surface area contributed by atoms with Gasteiger partial charge in [-0.25, -0.2) is 0 Å². The van der Waals surface area contributed by atoms with Crippen molar-refractivity contribution < 1.29 is 14.1 Å². The normalized spacial score (nSPS) is 10.5. The van der Waals surface area contributed by atoms with Crippen LogP contribution in [0.5, 0.6) is 0 Å². The standard InChI is InChI=1S/C16H36N.C15H15NOS.CH3NOS/c1-5-9-13-17(14-10-6-2,15-11-7-3)16-12-8-4;17-15(18)16(11-13-7-3-1-4-8-13)12-14-9-5-2-6-10-14;2-1(3)4/h5-16H2,1-4H3;1-10H,11-12H2,(H,17,18);(H3,2,3,4)/q+1;;. The maximum Gasteiger partial charge on any atom is 0.279 e. The summed E-state index contributed by atoms with van der Waals surface area (Å²) in [7, 11) is 0. The van der Waals surface area contributed by atoms with Crippen molar-refractivity contribution in [1.82, 2.24) is 4.90 Å². The van der Waals surface area contributed by atoms with Crippen molar-refractivity contribution in [1.29, 1.82) is 0 Å². The lowest BCUT2D eigenvalue weighted by Crippen LogP contribution is -2.50. The first kappa shape index (κ1) is 37.0. The summed E-state index contributed by atoms with van der Waals surface area (Å²) >= 11 is 7.05. The summed E-state index contributed by atoms with van der Waals surface area (Å²) in [6.07, 6.45) is 11.1. The largest absolute Gasteiger partial charge is 0.361 e. The van der Waals surface area contributed by atoms with Crippen LogP contribution in [0.25, 0.3) is 0 Å². The SMILES string of the molecule is CCCC[N+](CCCC)(CCCC)CCCC.NC(=O)S.O=C(S)N(Cc1ccccc1)Cc1ccccc1. The van der Waals surface area contributed by atoms with E-state index < -0.39 is 5.24 Å². The second-order valence-corrected chi connectivity index (χ2v) is 10.9. The van der Waals surface area contributed by atoms with Gasteiger partial charge in [0.05, 0.1) is 26.2 Å². The van der Waals surface area contributed by atoms with E-state index in [1.165, 1.54) is 82.0 Å². The van der Waals surface area contributed by atoms with Gasteiger partial charge in [0.15, 0.2) is 0 Å². The second kappa shape index (κ2) is 23.9. The van der Waals surface area contributed by atoms with E-state index in [0.29, 0.717) is 13.1 Å². The van der Waals surface area contributed by atoms with E-state index in [9.17, 15) is 4.79 Å². The molecule has 2 aromatic carbocycles. The number of amides is 2. The van der Waals surface area contributed by atoms with Gasteiger partial charge in [-0.05, 0) is 36.8 Å². The van der Waals surface area contributed by atoms with E-state index >= 15 is 0 Å². The fourth-order valence-corrected chi connectivity index (χ4v) is 4.59. The average Bonchev–Trinajstić information content (AvgIpc) is 2.93. The molecule has 0 aromatic heterocycles. The lowest BCUT2D eigenvalue weighted by molar-refractivity contribution is -0.929. The fourth-order valence-electron chi connectivity index (χ4n) is 4.44. The number of carbonyl (C=O) groups excluding carboxylic acids is 2. The average molecular weight is 577 g/mol. The highest BCUT2D eigenvalue weighted by atomic mass is 32.1. The Morgan fingerprint density at radius 1 is 0.641 bits per heavy atom. The molecule has 0 aliphatic heterocycles. The summed E-state index contributed by atoms with van der Waals surface area (Å²) in [6, 6.07) is 19.9. The van der Waals surface area contributed by atoms with Gasteiger partial charge in [0, 0.05) is 13.1 Å². The Morgan fingerprint density at radius 3 is 1.15 bits per heavy atom. The van der Waals surface area contributed by atoms with Crippen molar-refractivity contribution >= 4 is 35.7 Å². The zero-order valence-electron chi connectivity index (χ0n) is 24.9. The monoisotopic (exact) mass is 576 g/mol. The van der Waals surface area contributed by atoms with E-state index in [1.54, 1.807) is 4.90 Å². The first-order chi connectivity index (χ1) is 18.7. The van der Waals surface area contributed by atoms with Gasteiger partial charge in [0.25, 0.3) is 10.5 Å². The van der Waals surface area contributed by atoms with Gasteiger partial charge in [-0.15, -0.1) is 0 Å². The number of benzene rings is 2. The van der Waals surface area contributed by atoms with Crippen LogP contribution in [0.3, 0.4) is 0 Å². The van der Waals surface area contributed by atoms with Gasteiger partial charge in [0.1, 0.15) is 0 Å². The van der Waals surface area contributed by atoms with Gasteiger partial charge in [-0.2, -0.15) is 0 Å². The molecule has 0 aliphatic carbocycles. The van der Waals surface area contributed by atoms with Crippen LogP contribution in [-0.4, -0.2) is 46.0 Å². The molecule has 0 bridgehead atoms. The molecule has 0 atom stereocenters.